The van der Waals surface area contributed by atoms with E-state index in [0.717, 1.165) is 18.6 Å². The van der Waals surface area contributed by atoms with Crippen LogP contribution in [0.25, 0.3) is 6.08 Å². The van der Waals surface area contributed by atoms with E-state index in [1.807, 2.05) is 19.9 Å². The van der Waals surface area contributed by atoms with Gasteiger partial charge in [0.25, 0.3) is 0 Å². The van der Waals surface area contributed by atoms with E-state index in [1.54, 1.807) is 55.7 Å². The Morgan fingerprint density at radius 1 is 1.00 bits per heavy atom. The van der Waals surface area contributed by atoms with Gasteiger partial charge in [-0.25, -0.2) is 4.79 Å². The van der Waals surface area contributed by atoms with E-state index in [2.05, 4.69) is 6.92 Å². The standard InChI is InChI=1S/C17H14O4.C4H10O.C2H6/c1-20-16-12-13(6-5-11-18)9-10-15(16)21-17(19)14-7-3-2-4-8-14;1-3-4-5-2;1-2/h2-12H,1H3;3-4H2,1-2H3;1-2H3/b6-5+;;. The SMILES string of the molecule is CC.CCCOC.COc1cc(/C=C/C=O)ccc1OC(=O)c1ccccc1. The fraction of sp³-hybridized carbons (Fsp3) is 0.304. The summed E-state index contributed by atoms with van der Waals surface area (Å²) in [6.45, 7) is 6.98. The van der Waals surface area contributed by atoms with E-state index in [-0.39, 0.29) is 0 Å². The predicted molar refractivity (Wildman–Crippen MR) is 113 cm³/mol. The smallest absolute Gasteiger partial charge is 0.343 e. The monoisotopic (exact) mass is 386 g/mol. The number of allylic oxidation sites excluding steroid dienone is 1. The van der Waals surface area contributed by atoms with E-state index < -0.39 is 5.97 Å². The first kappa shape index (κ1) is 25.1. The van der Waals surface area contributed by atoms with Crippen LogP contribution in [-0.2, 0) is 9.53 Å². The van der Waals surface area contributed by atoms with Gasteiger partial charge in [0.1, 0.15) is 6.29 Å². The van der Waals surface area contributed by atoms with Crippen molar-refractivity contribution < 1.29 is 23.8 Å². The Labute approximate surface area is 167 Å². The molecule has 0 radical (unpaired) electrons. The number of hydrogen-bond acceptors (Lipinski definition) is 5. The number of aldehydes is 1. The molecule has 0 bridgehead atoms. The summed E-state index contributed by atoms with van der Waals surface area (Å²) in [5, 5.41) is 0. The topological polar surface area (TPSA) is 61.8 Å². The number of carbonyl (C=O) groups excluding carboxylic acids is 2. The molecule has 0 unspecified atom stereocenters. The van der Waals surface area contributed by atoms with Crippen LogP contribution < -0.4 is 9.47 Å². The minimum Gasteiger partial charge on any atom is -0.493 e. The van der Waals surface area contributed by atoms with Crippen molar-refractivity contribution in [3.05, 3.63) is 65.7 Å². The molecule has 2 aromatic rings. The second-order valence-corrected chi connectivity index (χ2v) is 5.15. The van der Waals surface area contributed by atoms with E-state index in [1.165, 1.54) is 13.2 Å². The van der Waals surface area contributed by atoms with Crippen LogP contribution in [0.2, 0.25) is 0 Å². The van der Waals surface area contributed by atoms with Crippen LogP contribution in [0.5, 0.6) is 11.5 Å². The van der Waals surface area contributed by atoms with Gasteiger partial charge in [-0.2, -0.15) is 0 Å². The van der Waals surface area contributed by atoms with Crippen molar-refractivity contribution in [2.45, 2.75) is 27.2 Å². The average molecular weight is 386 g/mol. The number of rotatable bonds is 7. The molecular weight excluding hydrogens is 356 g/mol. The Bertz CT molecular complexity index is 706. The first-order chi connectivity index (χ1) is 13.7. The van der Waals surface area contributed by atoms with E-state index in [4.69, 9.17) is 14.2 Å². The minimum absolute atomic E-state index is 0.328. The molecule has 5 nitrogen and oxygen atoms in total. The molecule has 28 heavy (non-hydrogen) atoms. The van der Waals surface area contributed by atoms with Gasteiger partial charge in [-0.15, -0.1) is 0 Å². The number of benzene rings is 2. The van der Waals surface area contributed by atoms with Crippen molar-refractivity contribution in [2.75, 3.05) is 20.8 Å². The van der Waals surface area contributed by atoms with Crippen LogP contribution in [0.3, 0.4) is 0 Å². The molecule has 2 aromatic carbocycles. The molecule has 0 fully saturated rings. The van der Waals surface area contributed by atoms with Crippen molar-refractivity contribution in [3.63, 3.8) is 0 Å². The largest absolute Gasteiger partial charge is 0.493 e. The van der Waals surface area contributed by atoms with Gasteiger partial charge in [0.2, 0.25) is 0 Å². The number of ether oxygens (including phenoxy) is 3. The van der Waals surface area contributed by atoms with E-state index in [0.29, 0.717) is 23.3 Å². The molecule has 0 aliphatic rings. The summed E-state index contributed by atoms with van der Waals surface area (Å²) in [6.07, 6.45) is 4.83. The minimum atomic E-state index is -0.454. The molecule has 0 aliphatic heterocycles. The summed E-state index contributed by atoms with van der Waals surface area (Å²) in [7, 11) is 3.20. The lowest BCUT2D eigenvalue weighted by atomic mass is 10.2. The highest BCUT2D eigenvalue weighted by atomic mass is 16.6. The maximum atomic E-state index is 12.0. The first-order valence-corrected chi connectivity index (χ1v) is 9.22. The molecule has 0 saturated carbocycles. The summed E-state index contributed by atoms with van der Waals surface area (Å²) in [4.78, 5) is 22.3. The third-order valence-corrected chi connectivity index (χ3v) is 3.18. The predicted octanol–water partition coefficient (Wildman–Crippen LogP) is 5.20. The lowest BCUT2D eigenvalue weighted by Gasteiger charge is -2.10. The quantitative estimate of drug-likeness (QED) is 0.283. The van der Waals surface area contributed by atoms with Crippen LogP contribution in [0.4, 0.5) is 0 Å². The van der Waals surface area contributed by atoms with Gasteiger partial charge in [-0.3, -0.25) is 4.79 Å². The zero-order valence-electron chi connectivity index (χ0n) is 17.3. The van der Waals surface area contributed by atoms with Gasteiger partial charge < -0.3 is 14.2 Å². The summed E-state index contributed by atoms with van der Waals surface area (Å²) in [6, 6.07) is 13.8. The van der Waals surface area contributed by atoms with Crippen molar-refractivity contribution in [3.8, 4) is 11.5 Å². The molecule has 0 aliphatic carbocycles. The maximum Gasteiger partial charge on any atom is 0.343 e. The van der Waals surface area contributed by atoms with Gasteiger partial charge in [-0.1, -0.05) is 51.1 Å². The Morgan fingerprint density at radius 2 is 1.68 bits per heavy atom. The van der Waals surface area contributed by atoms with Gasteiger partial charge in [0.05, 0.1) is 12.7 Å². The normalized spacial score (nSPS) is 9.46. The van der Waals surface area contributed by atoms with Gasteiger partial charge in [0.15, 0.2) is 11.5 Å². The first-order valence-electron chi connectivity index (χ1n) is 9.22. The van der Waals surface area contributed by atoms with Crippen LogP contribution in [0.1, 0.15) is 43.1 Å². The van der Waals surface area contributed by atoms with E-state index in [9.17, 15) is 9.59 Å². The zero-order chi connectivity index (χ0) is 21.2. The fourth-order valence-corrected chi connectivity index (χ4v) is 1.96. The fourth-order valence-electron chi connectivity index (χ4n) is 1.96. The third-order valence-electron chi connectivity index (χ3n) is 3.18. The average Bonchev–Trinajstić information content (AvgIpc) is 2.76. The Morgan fingerprint density at radius 3 is 2.18 bits per heavy atom. The van der Waals surface area contributed by atoms with Gasteiger partial charge in [0, 0.05) is 13.7 Å². The molecule has 2 rings (SSSR count). The third kappa shape index (κ3) is 9.69. The Kier molecular flexibility index (Phi) is 14.6. The number of esters is 1. The molecule has 152 valence electrons. The summed E-state index contributed by atoms with van der Waals surface area (Å²) < 4.78 is 15.2. The highest BCUT2D eigenvalue weighted by Crippen LogP contribution is 2.29. The summed E-state index contributed by atoms with van der Waals surface area (Å²) >= 11 is 0. The highest BCUT2D eigenvalue weighted by Gasteiger charge is 2.12. The number of methoxy groups -OCH3 is 2. The van der Waals surface area contributed by atoms with Crippen molar-refractivity contribution in [1.82, 2.24) is 0 Å². The Hall–Kier alpha value is -2.92. The van der Waals surface area contributed by atoms with Crippen LogP contribution >= 0.6 is 0 Å². The van der Waals surface area contributed by atoms with Crippen LogP contribution in [0, 0.1) is 0 Å². The highest BCUT2D eigenvalue weighted by molar-refractivity contribution is 5.91. The van der Waals surface area contributed by atoms with Crippen molar-refractivity contribution >= 4 is 18.3 Å². The summed E-state index contributed by atoms with van der Waals surface area (Å²) in [5.74, 6) is 0.298. The van der Waals surface area contributed by atoms with Gasteiger partial charge in [-0.05, 0) is 42.3 Å². The molecule has 0 saturated heterocycles. The lowest BCUT2D eigenvalue weighted by molar-refractivity contribution is -0.104. The molecular formula is C23H30O5. The number of carbonyl (C=O) groups is 2. The number of hydrogen-bond donors (Lipinski definition) is 0. The molecule has 0 aromatic heterocycles. The summed E-state index contributed by atoms with van der Waals surface area (Å²) in [5.41, 5.74) is 1.24. The second kappa shape index (κ2) is 16.3. The second-order valence-electron chi connectivity index (χ2n) is 5.15. The molecule has 0 atom stereocenters. The van der Waals surface area contributed by atoms with E-state index >= 15 is 0 Å². The van der Waals surface area contributed by atoms with Crippen LogP contribution in [-0.4, -0.2) is 33.1 Å². The van der Waals surface area contributed by atoms with Crippen LogP contribution in [0.15, 0.2) is 54.6 Å². The maximum absolute atomic E-state index is 12.0. The van der Waals surface area contributed by atoms with Gasteiger partial charge >= 0.3 is 5.97 Å². The molecule has 0 spiro atoms. The zero-order valence-corrected chi connectivity index (χ0v) is 17.3. The molecule has 0 N–H and O–H groups in total. The lowest BCUT2D eigenvalue weighted by Crippen LogP contribution is -2.09. The molecule has 5 heteroatoms. The molecule has 0 heterocycles. The van der Waals surface area contributed by atoms with Crippen molar-refractivity contribution in [2.24, 2.45) is 0 Å². The molecule has 0 amide bonds. The van der Waals surface area contributed by atoms with Crippen molar-refractivity contribution in [1.29, 1.82) is 0 Å². The Balaban J connectivity index is 0.000000906.